The van der Waals surface area contributed by atoms with E-state index >= 15 is 0 Å². The van der Waals surface area contributed by atoms with Crippen LogP contribution in [0.15, 0.2) is 170 Å². The van der Waals surface area contributed by atoms with E-state index in [4.69, 9.17) is 4.74 Å². The summed E-state index contributed by atoms with van der Waals surface area (Å²) in [5.41, 5.74) is 11.4. The summed E-state index contributed by atoms with van der Waals surface area (Å²) in [7, 11) is 0. The summed E-state index contributed by atoms with van der Waals surface area (Å²) in [6.45, 7) is 4.01. The molecule has 6 aromatic rings. The van der Waals surface area contributed by atoms with Gasteiger partial charge in [0.15, 0.2) is 0 Å². The highest BCUT2D eigenvalue weighted by molar-refractivity contribution is 5.93. The predicted octanol–water partition coefficient (Wildman–Crippen LogP) is 9.85. The van der Waals surface area contributed by atoms with E-state index in [1.807, 2.05) is 24.4 Å². The van der Waals surface area contributed by atoms with Gasteiger partial charge in [-0.2, -0.15) is 0 Å². The lowest BCUT2D eigenvalue weighted by Crippen LogP contribution is -2.34. The molecule has 1 aliphatic heterocycles. The number of nitrogens with zero attached hydrogens (tertiary/aromatic N) is 1. The van der Waals surface area contributed by atoms with Crippen molar-refractivity contribution >= 4 is 10.9 Å². The number of benzene rings is 5. The van der Waals surface area contributed by atoms with Gasteiger partial charge in [0.2, 0.25) is 0 Å². The van der Waals surface area contributed by atoms with Crippen LogP contribution in [0.25, 0.3) is 33.2 Å². The summed E-state index contributed by atoms with van der Waals surface area (Å²) < 4.78 is 6.82. The first kappa shape index (κ1) is 25.3. The van der Waals surface area contributed by atoms with Crippen LogP contribution in [-0.2, 0) is 11.8 Å². The Balaban J connectivity index is 1.31. The van der Waals surface area contributed by atoms with Crippen LogP contribution in [0, 0.1) is 0 Å². The minimum atomic E-state index is -0.495. The maximum atomic E-state index is 6.82. The van der Waals surface area contributed by atoms with Crippen LogP contribution in [0.2, 0.25) is 0 Å². The smallest absolute Gasteiger partial charge is 0.131 e. The molecule has 0 N–H and O–H groups in total. The van der Waals surface area contributed by atoms with Crippen LogP contribution in [0.4, 0.5) is 0 Å². The van der Waals surface area contributed by atoms with Crippen LogP contribution in [-0.4, -0.2) is 4.98 Å². The first-order valence-corrected chi connectivity index (χ1v) is 14.7. The van der Waals surface area contributed by atoms with E-state index in [0.29, 0.717) is 6.42 Å². The number of fused-ring (bicyclic) bond motifs is 8. The van der Waals surface area contributed by atoms with Crippen LogP contribution >= 0.6 is 0 Å². The third-order valence-corrected chi connectivity index (χ3v) is 8.84. The fourth-order valence-electron chi connectivity index (χ4n) is 7.06. The van der Waals surface area contributed by atoms with E-state index in [9.17, 15) is 0 Å². The van der Waals surface area contributed by atoms with Gasteiger partial charge in [-0.25, -0.2) is 0 Å². The van der Waals surface area contributed by atoms with E-state index < -0.39 is 5.41 Å². The van der Waals surface area contributed by atoms with Gasteiger partial charge in [0, 0.05) is 34.7 Å². The van der Waals surface area contributed by atoms with E-state index in [1.54, 1.807) is 0 Å². The normalized spacial score (nSPS) is 14.4. The molecule has 0 radical (unpaired) electrons. The van der Waals surface area contributed by atoms with Gasteiger partial charge in [-0.1, -0.05) is 140 Å². The Bertz CT molecular complexity index is 2050. The molecule has 0 amide bonds. The molecule has 0 saturated heterocycles. The Kier molecular flexibility index (Phi) is 5.94. The van der Waals surface area contributed by atoms with Gasteiger partial charge >= 0.3 is 0 Å². The Hall–Kier alpha value is -5.47. The van der Waals surface area contributed by atoms with Gasteiger partial charge in [-0.3, -0.25) is 4.98 Å². The molecular weight excluding hydrogens is 522 g/mol. The summed E-state index contributed by atoms with van der Waals surface area (Å²) in [6.07, 6.45) is 8.60. The van der Waals surface area contributed by atoms with E-state index in [1.165, 1.54) is 33.4 Å². The third-order valence-electron chi connectivity index (χ3n) is 8.84. The van der Waals surface area contributed by atoms with Gasteiger partial charge in [0.1, 0.15) is 11.5 Å². The van der Waals surface area contributed by atoms with Crippen molar-refractivity contribution in [3.8, 4) is 28.0 Å². The molecule has 1 spiro atoms. The van der Waals surface area contributed by atoms with Gasteiger partial charge in [0.25, 0.3) is 0 Å². The fraction of sp³-hybridized carbons (Fsp3) is 0.0488. The Morgan fingerprint density at radius 1 is 0.651 bits per heavy atom. The second-order valence-electron chi connectivity index (χ2n) is 11.1. The molecule has 2 nitrogen and oxygen atoms in total. The zero-order valence-corrected chi connectivity index (χ0v) is 23.7. The summed E-state index contributed by atoms with van der Waals surface area (Å²) in [6, 6.07) is 45.4. The minimum absolute atomic E-state index is 0.495. The van der Waals surface area contributed by atoms with Crippen molar-refractivity contribution in [2.75, 3.05) is 0 Å². The maximum Gasteiger partial charge on any atom is 0.131 e. The Labute approximate surface area is 252 Å². The second-order valence-corrected chi connectivity index (χ2v) is 11.1. The van der Waals surface area contributed by atoms with Gasteiger partial charge < -0.3 is 4.74 Å². The number of rotatable bonds is 5. The third kappa shape index (κ3) is 3.84. The molecule has 0 atom stereocenters. The van der Waals surface area contributed by atoms with Gasteiger partial charge in [-0.05, 0) is 45.5 Å². The van der Waals surface area contributed by atoms with E-state index in [-0.39, 0.29) is 0 Å². The molecule has 43 heavy (non-hydrogen) atoms. The van der Waals surface area contributed by atoms with Crippen LogP contribution in [0.3, 0.4) is 0 Å². The van der Waals surface area contributed by atoms with Crippen LogP contribution in [0.5, 0.6) is 5.75 Å². The number of aromatic nitrogens is 1. The summed E-state index contributed by atoms with van der Waals surface area (Å²) in [5.74, 6) is 1.85. The number of ether oxygens (including phenoxy) is 1. The average molecular weight is 552 g/mol. The number of hydrogen-bond acceptors (Lipinski definition) is 2. The molecule has 0 fully saturated rings. The Morgan fingerprint density at radius 3 is 2.05 bits per heavy atom. The van der Waals surface area contributed by atoms with Gasteiger partial charge in [0.05, 0.1) is 10.9 Å². The molecule has 1 aliphatic carbocycles. The molecule has 0 saturated carbocycles. The van der Waals surface area contributed by atoms with Crippen LogP contribution in [0.1, 0.15) is 22.3 Å². The molecule has 2 aliphatic rings. The minimum Gasteiger partial charge on any atom is -0.461 e. The monoisotopic (exact) mass is 551 g/mol. The second kappa shape index (κ2) is 10.1. The summed E-state index contributed by atoms with van der Waals surface area (Å²) >= 11 is 0. The molecular formula is C41H29NO. The van der Waals surface area contributed by atoms with Gasteiger partial charge in [-0.15, -0.1) is 0 Å². The van der Waals surface area contributed by atoms with Crippen molar-refractivity contribution < 1.29 is 4.74 Å². The van der Waals surface area contributed by atoms with Crippen LogP contribution < -0.4 is 4.74 Å². The van der Waals surface area contributed by atoms with Crippen molar-refractivity contribution in [2.24, 2.45) is 0 Å². The number of hydrogen-bond donors (Lipinski definition) is 0. The quantitative estimate of drug-likeness (QED) is 0.199. The SMILES string of the molecule is C=C/C=C\C1=C(Cc2ccc(-c3cccc4cccnc34)cc2)Oc2ccccc2C12c1ccccc1-c1ccccc12. The van der Waals surface area contributed by atoms with Crippen molar-refractivity contribution in [3.05, 3.63) is 192 Å². The highest BCUT2D eigenvalue weighted by Gasteiger charge is 2.51. The average Bonchev–Trinajstić information content (AvgIpc) is 3.35. The number of allylic oxidation sites excluding steroid dienone is 5. The van der Waals surface area contributed by atoms with E-state index in [0.717, 1.165) is 39.1 Å². The lowest BCUT2D eigenvalue weighted by Gasteiger charge is -2.40. The Morgan fingerprint density at radius 2 is 1.30 bits per heavy atom. The molecule has 5 aromatic carbocycles. The lowest BCUT2D eigenvalue weighted by molar-refractivity contribution is 0.374. The molecule has 2 heteroatoms. The molecule has 0 unspecified atom stereocenters. The zero-order chi connectivity index (χ0) is 28.8. The van der Waals surface area contributed by atoms with Crippen molar-refractivity contribution in [1.82, 2.24) is 4.98 Å². The van der Waals surface area contributed by atoms with E-state index in [2.05, 4.69) is 139 Å². The first-order valence-electron chi connectivity index (χ1n) is 14.7. The zero-order valence-electron chi connectivity index (χ0n) is 23.7. The predicted molar refractivity (Wildman–Crippen MR) is 176 cm³/mol. The summed E-state index contributed by atoms with van der Waals surface area (Å²) in [5, 5.41) is 1.14. The van der Waals surface area contributed by atoms with Crippen molar-refractivity contribution in [3.63, 3.8) is 0 Å². The number of pyridine rings is 1. The standard InChI is InChI=1S/C41H29NO/c1-2-3-17-37-39(27-28-22-24-29(25-23-28)31-16-10-12-30-13-11-26-42-40(30)31)43-38-21-9-8-20-36(38)41(37)34-18-6-4-14-32(34)33-15-5-7-19-35(33)41/h2-26H,1,27H2/b17-3-. The molecule has 8 rings (SSSR count). The summed E-state index contributed by atoms with van der Waals surface area (Å²) in [4.78, 5) is 4.67. The molecule has 0 bridgehead atoms. The largest absolute Gasteiger partial charge is 0.461 e. The molecule has 1 aromatic heterocycles. The topological polar surface area (TPSA) is 22.1 Å². The highest BCUT2D eigenvalue weighted by atomic mass is 16.5. The molecule has 204 valence electrons. The maximum absolute atomic E-state index is 6.82. The lowest BCUT2D eigenvalue weighted by atomic mass is 9.65. The van der Waals surface area contributed by atoms with Crippen molar-refractivity contribution in [1.29, 1.82) is 0 Å². The fourth-order valence-corrected chi connectivity index (χ4v) is 7.06. The van der Waals surface area contributed by atoms with Crippen molar-refractivity contribution in [2.45, 2.75) is 11.8 Å². The highest BCUT2D eigenvalue weighted by Crippen LogP contribution is 2.60. The first-order chi connectivity index (χ1) is 21.3. The number of para-hydroxylation sites is 2. The molecule has 2 heterocycles.